The first-order valence-corrected chi connectivity index (χ1v) is 9.51. The van der Waals surface area contributed by atoms with Crippen molar-refractivity contribution in [3.05, 3.63) is 29.8 Å². The van der Waals surface area contributed by atoms with Crippen LogP contribution in [0.15, 0.2) is 29.3 Å². The third-order valence-corrected chi connectivity index (χ3v) is 4.79. The number of guanidine groups is 1. The van der Waals surface area contributed by atoms with Gasteiger partial charge in [-0.2, -0.15) is 0 Å². The summed E-state index contributed by atoms with van der Waals surface area (Å²) in [6.07, 6.45) is 4.80. The Labute approximate surface area is 152 Å². The van der Waals surface area contributed by atoms with Crippen LogP contribution in [0.3, 0.4) is 0 Å². The van der Waals surface area contributed by atoms with Gasteiger partial charge in [0.25, 0.3) is 0 Å². The van der Waals surface area contributed by atoms with Gasteiger partial charge in [-0.25, -0.2) is 0 Å². The van der Waals surface area contributed by atoms with Gasteiger partial charge >= 0.3 is 0 Å². The fraction of sp³-hybridized carbons (Fsp3) is 0.650. The second-order valence-electron chi connectivity index (χ2n) is 6.89. The number of piperidine rings is 1. The summed E-state index contributed by atoms with van der Waals surface area (Å²) in [6, 6.07) is 8.16. The lowest BCUT2D eigenvalue weighted by Crippen LogP contribution is -2.40. The minimum Gasteiger partial charge on any atom is -0.496 e. The highest BCUT2D eigenvalue weighted by molar-refractivity contribution is 5.79. The molecule has 0 aromatic heterocycles. The van der Waals surface area contributed by atoms with E-state index >= 15 is 0 Å². The van der Waals surface area contributed by atoms with Crippen LogP contribution < -0.4 is 15.4 Å². The van der Waals surface area contributed by atoms with Gasteiger partial charge < -0.3 is 20.3 Å². The summed E-state index contributed by atoms with van der Waals surface area (Å²) >= 11 is 0. The molecule has 2 rings (SSSR count). The highest BCUT2D eigenvalue weighted by atomic mass is 16.5. The minimum atomic E-state index is 0.837. The maximum atomic E-state index is 5.40. The number of ether oxygens (including phenoxy) is 1. The van der Waals surface area contributed by atoms with E-state index in [4.69, 9.17) is 4.74 Å². The van der Waals surface area contributed by atoms with Crippen molar-refractivity contribution < 1.29 is 4.74 Å². The van der Waals surface area contributed by atoms with E-state index in [1.165, 1.54) is 38.0 Å². The smallest absolute Gasteiger partial charge is 0.190 e. The number of methoxy groups -OCH3 is 1. The van der Waals surface area contributed by atoms with Gasteiger partial charge in [-0.15, -0.1) is 0 Å². The number of likely N-dealkylation sites (tertiary alicyclic amines) is 1. The fourth-order valence-corrected chi connectivity index (χ4v) is 3.44. The van der Waals surface area contributed by atoms with E-state index in [0.717, 1.165) is 43.6 Å². The van der Waals surface area contributed by atoms with E-state index < -0.39 is 0 Å². The zero-order valence-electron chi connectivity index (χ0n) is 16.1. The first-order chi connectivity index (χ1) is 12.2. The van der Waals surface area contributed by atoms with E-state index in [1.807, 2.05) is 25.2 Å². The molecule has 5 nitrogen and oxygen atoms in total. The number of nitrogens with one attached hydrogen (secondary N) is 2. The van der Waals surface area contributed by atoms with Crippen molar-refractivity contribution in [3.63, 3.8) is 0 Å². The Morgan fingerprint density at radius 1 is 1.28 bits per heavy atom. The summed E-state index contributed by atoms with van der Waals surface area (Å²) in [5.41, 5.74) is 1.21. The Balaban J connectivity index is 1.62. The van der Waals surface area contributed by atoms with Crippen molar-refractivity contribution in [2.45, 2.75) is 32.6 Å². The lowest BCUT2D eigenvalue weighted by Gasteiger charge is -2.30. The first kappa shape index (κ1) is 19.6. The molecule has 0 radical (unpaired) electrons. The Bertz CT molecular complexity index is 532. The van der Waals surface area contributed by atoms with Crippen LogP contribution in [0, 0.1) is 5.92 Å². The van der Waals surface area contributed by atoms with Crippen LogP contribution in [0.5, 0.6) is 5.75 Å². The highest BCUT2D eigenvalue weighted by Gasteiger charge is 2.15. The molecule has 1 saturated heterocycles. The summed E-state index contributed by atoms with van der Waals surface area (Å²) in [5, 5.41) is 6.80. The quantitative estimate of drug-likeness (QED) is 0.431. The molecule has 1 aromatic rings. The number of para-hydroxylation sites is 1. The second-order valence-corrected chi connectivity index (χ2v) is 6.89. The monoisotopic (exact) mass is 346 g/mol. The Morgan fingerprint density at radius 2 is 2.08 bits per heavy atom. The second kappa shape index (κ2) is 11.0. The lowest BCUT2D eigenvalue weighted by atomic mass is 10.0. The van der Waals surface area contributed by atoms with Gasteiger partial charge in [0.1, 0.15) is 5.75 Å². The molecule has 0 amide bonds. The SMILES string of the molecule is CN=C(NCCCN1CCCC(C)C1)NCCc1ccccc1OC. The van der Waals surface area contributed by atoms with Crippen LogP contribution in [0.1, 0.15) is 31.7 Å². The molecule has 0 aliphatic carbocycles. The predicted molar refractivity (Wildman–Crippen MR) is 106 cm³/mol. The standard InChI is InChI=1S/C20H34N4O/c1-17-8-6-14-24(16-17)15-7-12-22-20(21-2)23-13-11-18-9-4-5-10-19(18)25-3/h4-5,9-10,17H,6-8,11-16H2,1-3H3,(H2,21,22,23). The van der Waals surface area contributed by atoms with Gasteiger partial charge in [-0.3, -0.25) is 4.99 Å². The molecule has 1 aliphatic heterocycles. The van der Waals surface area contributed by atoms with E-state index in [-0.39, 0.29) is 0 Å². The van der Waals surface area contributed by atoms with Crippen LogP contribution in [-0.2, 0) is 6.42 Å². The van der Waals surface area contributed by atoms with E-state index in [0.29, 0.717) is 0 Å². The minimum absolute atomic E-state index is 0.837. The van der Waals surface area contributed by atoms with Crippen molar-refractivity contribution >= 4 is 5.96 Å². The molecule has 1 heterocycles. The lowest BCUT2D eigenvalue weighted by molar-refractivity contribution is 0.182. The van der Waals surface area contributed by atoms with Crippen molar-refractivity contribution in [2.75, 3.05) is 46.9 Å². The molecule has 25 heavy (non-hydrogen) atoms. The third-order valence-electron chi connectivity index (χ3n) is 4.79. The maximum Gasteiger partial charge on any atom is 0.190 e. The molecule has 140 valence electrons. The number of aliphatic imine (C=N–C) groups is 1. The van der Waals surface area contributed by atoms with E-state index in [9.17, 15) is 0 Å². The van der Waals surface area contributed by atoms with E-state index in [1.54, 1.807) is 7.11 Å². The molecule has 0 saturated carbocycles. The van der Waals surface area contributed by atoms with Gasteiger partial charge in [-0.05, 0) is 56.3 Å². The topological polar surface area (TPSA) is 48.9 Å². The van der Waals surface area contributed by atoms with Crippen LogP contribution in [-0.4, -0.2) is 57.7 Å². The van der Waals surface area contributed by atoms with E-state index in [2.05, 4.69) is 33.5 Å². The number of hydrogen-bond acceptors (Lipinski definition) is 3. The molecule has 1 aromatic carbocycles. The molecule has 0 spiro atoms. The molecular weight excluding hydrogens is 312 g/mol. The molecule has 1 fully saturated rings. The Morgan fingerprint density at radius 3 is 2.84 bits per heavy atom. The predicted octanol–water partition coefficient (Wildman–Crippen LogP) is 2.52. The molecule has 1 atom stereocenters. The fourth-order valence-electron chi connectivity index (χ4n) is 3.44. The van der Waals surface area contributed by atoms with Crippen molar-refractivity contribution in [3.8, 4) is 5.75 Å². The van der Waals surface area contributed by atoms with Crippen LogP contribution in [0.4, 0.5) is 0 Å². The van der Waals surface area contributed by atoms with Gasteiger partial charge in [-0.1, -0.05) is 25.1 Å². The summed E-state index contributed by atoms with van der Waals surface area (Å²) in [6.45, 7) is 7.85. The van der Waals surface area contributed by atoms with Crippen molar-refractivity contribution in [1.29, 1.82) is 0 Å². The average Bonchev–Trinajstić information content (AvgIpc) is 2.64. The summed E-state index contributed by atoms with van der Waals surface area (Å²) in [5.74, 6) is 2.68. The van der Waals surface area contributed by atoms with Crippen LogP contribution in [0.25, 0.3) is 0 Å². The molecule has 1 aliphatic rings. The summed E-state index contributed by atoms with van der Waals surface area (Å²) in [4.78, 5) is 6.90. The summed E-state index contributed by atoms with van der Waals surface area (Å²) < 4.78 is 5.40. The third kappa shape index (κ3) is 6.94. The zero-order valence-corrected chi connectivity index (χ0v) is 16.1. The maximum absolute atomic E-state index is 5.40. The van der Waals surface area contributed by atoms with Crippen LogP contribution in [0.2, 0.25) is 0 Å². The Hall–Kier alpha value is -1.75. The normalized spacial score (nSPS) is 18.8. The molecule has 2 N–H and O–H groups in total. The van der Waals surface area contributed by atoms with Crippen molar-refractivity contribution in [1.82, 2.24) is 15.5 Å². The number of benzene rings is 1. The zero-order chi connectivity index (χ0) is 17.9. The van der Waals surface area contributed by atoms with Gasteiger partial charge in [0.2, 0.25) is 0 Å². The molecule has 1 unspecified atom stereocenters. The Kier molecular flexibility index (Phi) is 8.60. The van der Waals surface area contributed by atoms with Crippen molar-refractivity contribution in [2.24, 2.45) is 10.9 Å². The first-order valence-electron chi connectivity index (χ1n) is 9.51. The number of rotatable bonds is 8. The number of hydrogen-bond donors (Lipinski definition) is 2. The molecule has 5 heteroatoms. The van der Waals surface area contributed by atoms with Gasteiger partial charge in [0.05, 0.1) is 7.11 Å². The van der Waals surface area contributed by atoms with Gasteiger partial charge in [0, 0.05) is 26.7 Å². The van der Waals surface area contributed by atoms with Gasteiger partial charge in [0.15, 0.2) is 5.96 Å². The molecular formula is C20H34N4O. The highest BCUT2D eigenvalue weighted by Crippen LogP contribution is 2.17. The average molecular weight is 347 g/mol. The molecule has 0 bridgehead atoms. The largest absolute Gasteiger partial charge is 0.496 e. The number of nitrogens with zero attached hydrogens (tertiary/aromatic N) is 2. The summed E-state index contributed by atoms with van der Waals surface area (Å²) in [7, 11) is 3.54. The van der Waals surface area contributed by atoms with Crippen LogP contribution >= 0.6 is 0 Å².